The summed E-state index contributed by atoms with van der Waals surface area (Å²) in [6.07, 6.45) is 3.35. The van der Waals surface area contributed by atoms with Gasteiger partial charge >= 0.3 is 0 Å². The molecule has 2 rings (SSSR count). The van der Waals surface area contributed by atoms with Gasteiger partial charge in [0.1, 0.15) is 12.1 Å². The van der Waals surface area contributed by atoms with Gasteiger partial charge in [0.2, 0.25) is 0 Å². The molecule has 0 aromatic carbocycles. The molecule has 0 aliphatic carbocycles. The Kier molecular flexibility index (Phi) is 3.57. The first-order chi connectivity index (χ1) is 8.67. The molecule has 6 nitrogen and oxygen atoms in total. The minimum absolute atomic E-state index is 0.661. The minimum atomic E-state index is 0.661. The number of hydrazine groups is 1. The Balaban J connectivity index is 2.59. The van der Waals surface area contributed by atoms with Crippen LogP contribution >= 0.6 is 0 Å². The van der Waals surface area contributed by atoms with E-state index >= 15 is 0 Å². The van der Waals surface area contributed by atoms with Crippen LogP contribution in [0.2, 0.25) is 0 Å². The molecule has 96 valence electrons. The fourth-order valence-corrected chi connectivity index (χ4v) is 2.03. The number of aromatic nitrogens is 4. The Morgan fingerprint density at radius 3 is 2.67 bits per heavy atom. The van der Waals surface area contributed by atoms with E-state index in [4.69, 9.17) is 5.84 Å². The number of hydrogen-bond acceptors (Lipinski definition) is 5. The number of rotatable bonds is 4. The van der Waals surface area contributed by atoms with Crippen molar-refractivity contribution in [3.8, 4) is 5.82 Å². The fourth-order valence-electron chi connectivity index (χ4n) is 2.03. The lowest BCUT2D eigenvalue weighted by Crippen LogP contribution is -2.15. The van der Waals surface area contributed by atoms with Gasteiger partial charge in [-0.2, -0.15) is 5.10 Å². The Hall–Kier alpha value is -1.95. The molecule has 0 aliphatic heterocycles. The van der Waals surface area contributed by atoms with Crippen LogP contribution < -0.4 is 11.3 Å². The molecule has 0 fully saturated rings. The third kappa shape index (κ3) is 2.19. The molecule has 0 aliphatic rings. The first-order valence-electron chi connectivity index (χ1n) is 6.01. The van der Waals surface area contributed by atoms with Crippen molar-refractivity contribution in [2.75, 3.05) is 5.43 Å². The van der Waals surface area contributed by atoms with Crippen LogP contribution in [0.4, 0.5) is 5.82 Å². The van der Waals surface area contributed by atoms with E-state index in [1.807, 2.05) is 24.6 Å². The van der Waals surface area contributed by atoms with Crippen molar-refractivity contribution in [3.05, 3.63) is 29.3 Å². The van der Waals surface area contributed by atoms with Crippen molar-refractivity contribution in [2.45, 2.75) is 33.6 Å². The minimum Gasteiger partial charge on any atom is -0.308 e. The molecule has 2 aromatic heterocycles. The SMILES string of the molecule is CCCc1c(NN)ncnc1-n1nc(C)cc1C. The molecule has 0 bridgehead atoms. The molecule has 0 atom stereocenters. The molecule has 2 aromatic rings. The van der Waals surface area contributed by atoms with Crippen LogP contribution in [0, 0.1) is 13.8 Å². The largest absolute Gasteiger partial charge is 0.308 e. The van der Waals surface area contributed by atoms with Gasteiger partial charge in [0.15, 0.2) is 5.82 Å². The Bertz CT molecular complexity index is 545. The molecule has 0 saturated heterocycles. The molecule has 2 heterocycles. The molecule has 6 heteroatoms. The Morgan fingerprint density at radius 1 is 1.33 bits per heavy atom. The van der Waals surface area contributed by atoms with Gasteiger partial charge in [0, 0.05) is 11.3 Å². The third-order valence-corrected chi connectivity index (χ3v) is 2.77. The topological polar surface area (TPSA) is 81.6 Å². The van der Waals surface area contributed by atoms with Gasteiger partial charge in [0.05, 0.1) is 5.69 Å². The maximum Gasteiger partial charge on any atom is 0.162 e. The van der Waals surface area contributed by atoms with Crippen LogP contribution in [0.15, 0.2) is 12.4 Å². The average Bonchev–Trinajstić information content (AvgIpc) is 2.69. The zero-order valence-corrected chi connectivity index (χ0v) is 10.9. The highest BCUT2D eigenvalue weighted by molar-refractivity contribution is 5.51. The maximum absolute atomic E-state index is 5.50. The zero-order chi connectivity index (χ0) is 13.1. The number of anilines is 1. The zero-order valence-electron chi connectivity index (χ0n) is 10.9. The summed E-state index contributed by atoms with van der Waals surface area (Å²) < 4.78 is 1.84. The van der Waals surface area contributed by atoms with Gasteiger partial charge in [-0.15, -0.1) is 0 Å². The van der Waals surface area contributed by atoms with E-state index in [1.165, 1.54) is 6.33 Å². The summed E-state index contributed by atoms with van der Waals surface area (Å²) in [6, 6.07) is 2.02. The average molecular weight is 246 g/mol. The highest BCUT2D eigenvalue weighted by atomic mass is 15.3. The van der Waals surface area contributed by atoms with Crippen molar-refractivity contribution in [1.29, 1.82) is 0 Å². The molecule has 18 heavy (non-hydrogen) atoms. The molecule has 0 amide bonds. The lowest BCUT2D eigenvalue weighted by molar-refractivity contribution is 0.772. The molecular formula is C12H18N6. The van der Waals surface area contributed by atoms with Gasteiger partial charge in [-0.3, -0.25) is 0 Å². The van der Waals surface area contributed by atoms with E-state index in [0.29, 0.717) is 5.82 Å². The Morgan fingerprint density at radius 2 is 2.11 bits per heavy atom. The third-order valence-electron chi connectivity index (χ3n) is 2.77. The normalized spacial score (nSPS) is 10.7. The molecule has 0 saturated carbocycles. The second-order valence-corrected chi connectivity index (χ2v) is 4.26. The summed E-state index contributed by atoms with van der Waals surface area (Å²) in [7, 11) is 0. The predicted octanol–water partition coefficient (Wildman–Crippen LogP) is 1.52. The predicted molar refractivity (Wildman–Crippen MR) is 70.4 cm³/mol. The van der Waals surface area contributed by atoms with Crippen molar-refractivity contribution in [3.63, 3.8) is 0 Å². The molecule has 0 spiro atoms. The van der Waals surface area contributed by atoms with Crippen LogP contribution in [0.5, 0.6) is 0 Å². The van der Waals surface area contributed by atoms with Crippen molar-refractivity contribution < 1.29 is 0 Å². The monoisotopic (exact) mass is 246 g/mol. The lowest BCUT2D eigenvalue weighted by atomic mass is 10.1. The number of nitrogen functional groups attached to an aromatic ring is 1. The van der Waals surface area contributed by atoms with E-state index in [1.54, 1.807) is 0 Å². The van der Waals surface area contributed by atoms with Crippen LogP contribution in [0.1, 0.15) is 30.3 Å². The van der Waals surface area contributed by atoms with Crippen molar-refractivity contribution in [2.24, 2.45) is 5.84 Å². The molecule has 3 N–H and O–H groups in total. The molecule has 0 radical (unpaired) electrons. The summed E-state index contributed by atoms with van der Waals surface area (Å²) in [6.45, 7) is 6.08. The Labute approximate surface area is 106 Å². The smallest absolute Gasteiger partial charge is 0.162 e. The summed E-state index contributed by atoms with van der Waals surface area (Å²) in [4.78, 5) is 8.49. The highest BCUT2D eigenvalue weighted by Crippen LogP contribution is 2.21. The standard InChI is InChI=1S/C12H18N6/c1-4-5-10-11(16-13)14-7-15-12(10)18-9(3)6-8(2)17-18/h6-7H,4-5,13H2,1-3H3,(H,14,15,16). The van der Waals surface area contributed by atoms with E-state index in [9.17, 15) is 0 Å². The fraction of sp³-hybridized carbons (Fsp3) is 0.417. The van der Waals surface area contributed by atoms with Gasteiger partial charge in [-0.1, -0.05) is 13.3 Å². The summed E-state index contributed by atoms with van der Waals surface area (Å²) in [5, 5.41) is 4.46. The van der Waals surface area contributed by atoms with Crippen LogP contribution in [0.3, 0.4) is 0 Å². The van der Waals surface area contributed by atoms with Crippen LogP contribution in [-0.4, -0.2) is 19.7 Å². The number of aryl methyl sites for hydroxylation is 2. The summed E-state index contributed by atoms with van der Waals surface area (Å²) >= 11 is 0. The number of hydrogen-bond donors (Lipinski definition) is 2. The van der Waals surface area contributed by atoms with E-state index in [-0.39, 0.29) is 0 Å². The lowest BCUT2D eigenvalue weighted by Gasteiger charge is -2.12. The van der Waals surface area contributed by atoms with Gasteiger partial charge in [-0.05, 0) is 26.3 Å². The van der Waals surface area contributed by atoms with E-state index in [0.717, 1.165) is 35.6 Å². The number of nitrogens with two attached hydrogens (primary N) is 1. The number of nitrogens with zero attached hydrogens (tertiary/aromatic N) is 4. The first-order valence-corrected chi connectivity index (χ1v) is 6.01. The first kappa shape index (κ1) is 12.5. The second-order valence-electron chi connectivity index (χ2n) is 4.26. The van der Waals surface area contributed by atoms with Gasteiger partial charge in [-0.25, -0.2) is 20.5 Å². The van der Waals surface area contributed by atoms with Crippen LogP contribution in [-0.2, 0) is 6.42 Å². The van der Waals surface area contributed by atoms with Crippen molar-refractivity contribution >= 4 is 5.82 Å². The maximum atomic E-state index is 5.50. The van der Waals surface area contributed by atoms with Crippen LogP contribution in [0.25, 0.3) is 5.82 Å². The van der Waals surface area contributed by atoms with Gasteiger partial charge < -0.3 is 5.43 Å². The van der Waals surface area contributed by atoms with Crippen molar-refractivity contribution in [1.82, 2.24) is 19.7 Å². The summed E-state index contributed by atoms with van der Waals surface area (Å²) in [5.41, 5.74) is 5.63. The quantitative estimate of drug-likeness (QED) is 0.631. The molecule has 0 unspecified atom stereocenters. The highest BCUT2D eigenvalue weighted by Gasteiger charge is 2.14. The number of nitrogens with one attached hydrogen (secondary N) is 1. The second kappa shape index (κ2) is 5.14. The van der Waals surface area contributed by atoms with Gasteiger partial charge in [0.25, 0.3) is 0 Å². The van der Waals surface area contributed by atoms with E-state index < -0.39 is 0 Å². The summed E-state index contributed by atoms with van der Waals surface area (Å²) in [5.74, 6) is 6.96. The van der Waals surface area contributed by atoms with E-state index in [2.05, 4.69) is 27.4 Å². The molecular weight excluding hydrogens is 228 g/mol.